The number of halogens is 3. The lowest BCUT2D eigenvalue weighted by atomic mass is 9.85. The van der Waals surface area contributed by atoms with Gasteiger partial charge in [-0.1, -0.05) is 12.1 Å². The third-order valence-corrected chi connectivity index (χ3v) is 9.70. The number of carbonyl (C=O) groups is 1. The number of sulfonamides is 1. The summed E-state index contributed by atoms with van der Waals surface area (Å²) in [5.41, 5.74) is 0.364. The molecular formula is C31H34F3N7O4S. The number of aldehydes is 1. The lowest BCUT2D eigenvalue weighted by molar-refractivity contribution is -0.137. The van der Waals surface area contributed by atoms with Gasteiger partial charge in [0.25, 0.3) is 5.56 Å². The van der Waals surface area contributed by atoms with Crippen molar-refractivity contribution in [2.75, 3.05) is 39.5 Å². The Morgan fingerprint density at radius 3 is 2.26 bits per heavy atom. The fraction of sp³-hybridized carbons (Fsp3) is 0.355. The third-order valence-electron chi connectivity index (χ3n) is 7.87. The maximum Gasteiger partial charge on any atom is 0.416 e. The number of rotatable bonds is 8. The van der Waals surface area contributed by atoms with Gasteiger partial charge in [0.05, 0.1) is 34.0 Å². The molecule has 46 heavy (non-hydrogen) atoms. The number of alkyl halides is 3. The van der Waals surface area contributed by atoms with Crippen LogP contribution in [-0.2, 0) is 33.0 Å². The molecule has 2 aromatic carbocycles. The van der Waals surface area contributed by atoms with Gasteiger partial charge in [-0.05, 0) is 67.9 Å². The van der Waals surface area contributed by atoms with Crippen molar-refractivity contribution >= 4 is 38.7 Å². The minimum Gasteiger partial charge on any atom is -0.338 e. The number of aromatic amines is 1. The zero-order chi connectivity index (χ0) is 33.7. The van der Waals surface area contributed by atoms with Crippen molar-refractivity contribution in [3.8, 4) is 6.07 Å². The standard InChI is InChI=1S/C22H27N7O3S.C9H7F3O/c1-27(2)33(31,32)17-6-4-16(5-7-17)25-20-19-18(8-13-24-21(19)30)29(26-20)22(9-12-23)10-14-28(3)15-11-22;10-9(11,12)8-3-1-7(2-4-8)5-6-13/h4-8,13H,9-11,14-15H2,1-3H3,(H,24,30)(H,25,26);1-4,6H,5H2. The largest absolute Gasteiger partial charge is 0.416 e. The topological polar surface area (TPSA) is 144 Å². The first kappa shape index (κ1) is 34.4. The number of fused-ring (bicyclic) bond motifs is 1. The van der Waals surface area contributed by atoms with Gasteiger partial charge < -0.3 is 20.0 Å². The first-order valence-corrected chi connectivity index (χ1v) is 15.7. The van der Waals surface area contributed by atoms with Crippen LogP contribution in [-0.4, -0.2) is 72.9 Å². The van der Waals surface area contributed by atoms with E-state index in [9.17, 15) is 36.4 Å². The van der Waals surface area contributed by atoms with Crippen LogP contribution in [0.15, 0.2) is 70.5 Å². The van der Waals surface area contributed by atoms with Crippen molar-refractivity contribution < 1.29 is 26.4 Å². The number of hydrogen-bond acceptors (Lipinski definition) is 8. The molecule has 0 saturated carbocycles. The number of H-pyrrole nitrogens is 1. The zero-order valence-electron chi connectivity index (χ0n) is 25.5. The molecule has 0 aliphatic carbocycles. The molecule has 2 N–H and O–H groups in total. The number of nitriles is 1. The Morgan fingerprint density at radius 2 is 1.72 bits per heavy atom. The predicted molar refractivity (Wildman–Crippen MR) is 167 cm³/mol. The number of likely N-dealkylation sites (tertiary alicyclic amines) is 1. The number of hydrogen-bond donors (Lipinski definition) is 2. The molecular weight excluding hydrogens is 623 g/mol. The molecule has 3 heterocycles. The van der Waals surface area contributed by atoms with Crippen LogP contribution < -0.4 is 10.9 Å². The lowest BCUT2D eigenvalue weighted by Gasteiger charge is -2.39. The van der Waals surface area contributed by atoms with Crippen LogP contribution in [0.3, 0.4) is 0 Å². The second-order valence-electron chi connectivity index (χ2n) is 11.2. The number of benzene rings is 2. The van der Waals surface area contributed by atoms with Gasteiger partial charge in [-0.2, -0.15) is 23.5 Å². The van der Waals surface area contributed by atoms with Crippen molar-refractivity contribution in [1.82, 2.24) is 24.0 Å². The molecule has 0 unspecified atom stereocenters. The smallest absolute Gasteiger partial charge is 0.338 e. The molecule has 0 radical (unpaired) electrons. The number of piperidine rings is 1. The summed E-state index contributed by atoms with van der Waals surface area (Å²) in [5, 5.41) is 17.9. The zero-order valence-corrected chi connectivity index (χ0v) is 26.3. The molecule has 0 bridgehead atoms. The highest BCUT2D eigenvalue weighted by molar-refractivity contribution is 7.89. The predicted octanol–water partition coefficient (Wildman–Crippen LogP) is 4.50. The molecule has 2 aromatic heterocycles. The molecule has 1 aliphatic rings. The normalized spacial score (nSPS) is 15.2. The maximum atomic E-state index is 12.8. The Labute approximate surface area is 264 Å². The van der Waals surface area contributed by atoms with Gasteiger partial charge in [0.15, 0.2) is 5.82 Å². The number of carbonyl (C=O) groups excluding carboxylic acids is 1. The lowest BCUT2D eigenvalue weighted by Crippen LogP contribution is -2.45. The van der Waals surface area contributed by atoms with E-state index in [4.69, 9.17) is 5.10 Å². The van der Waals surface area contributed by atoms with Crippen LogP contribution in [0.2, 0.25) is 0 Å². The first-order chi connectivity index (χ1) is 21.7. The summed E-state index contributed by atoms with van der Waals surface area (Å²) in [6.45, 7) is 1.66. The Kier molecular flexibility index (Phi) is 10.3. The second kappa shape index (κ2) is 13.9. The van der Waals surface area contributed by atoms with E-state index in [1.165, 1.54) is 38.4 Å². The van der Waals surface area contributed by atoms with Crippen molar-refractivity contribution in [2.24, 2.45) is 0 Å². The van der Waals surface area contributed by atoms with Crippen LogP contribution in [0.1, 0.15) is 30.4 Å². The Bertz CT molecular complexity index is 1870. The van der Waals surface area contributed by atoms with Crippen molar-refractivity contribution in [2.45, 2.75) is 42.3 Å². The fourth-order valence-electron chi connectivity index (χ4n) is 5.16. The summed E-state index contributed by atoms with van der Waals surface area (Å²) in [4.78, 5) is 27.9. The van der Waals surface area contributed by atoms with E-state index in [1.54, 1.807) is 24.4 Å². The van der Waals surface area contributed by atoms with Gasteiger partial charge in [-0.25, -0.2) is 12.7 Å². The highest BCUT2D eigenvalue weighted by Crippen LogP contribution is 2.37. The second-order valence-corrected chi connectivity index (χ2v) is 13.3. The molecule has 4 aromatic rings. The Morgan fingerprint density at radius 1 is 1.09 bits per heavy atom. The molecule has 0 amide bonds. The number of pyridine rings is 1. The average Bonchev–Trinajstić information content (AvgIpc) is 3.39. The van der Waals surface area contributed by atoms with E-state index in [0.29, 0.717) is 40.7 Å². The monoisotopic (exact) mass is 657 g/mol. The van der Waals surface area contributed by atoms with Crippen molar-refractivity contribution in [3.05, 3.63) is 82.3 Å². The SMILES string of the molecule is CN1CCC(CC#N)(n2nc(Nc3ccc(S(=O)(=O)N(C)C)cc3)c3c(=O)[nH]ccc32)CC1.O=CCc1ccc(C(F)(F)F)cc1. The van der Waals surface area contributed by atoms with Crippen LogP contribution >= 0.6 is 0 Å². The van der Waals surface area contributed by atoms with Gasteiger partial charge >= 0.3 is 6.18 Å². The minimum absolute atomic E-state index is 0.151. The van der Waals surface area contributed by atoms with Gasteiger partial charge in [0.1, 0.15) is 11.7 Å². The quantitative estimate of drug-likeness (QED) is 0.264. The van der Waals surface area contributed by atoms with Crippen molar-refractivity contribution in [3.63, 3.8) is 0 Å². The van der Waals surface area contributed by atoms with E-state index in [-0.39, 0.29) is 16.9 Å². The van der Waals surface area contributed by atoms with Gasteiger partial charge in [-0.15, -0.1) is 0 Å². The molecule has 0 atom stereocenters. The maximum absolute atomic E-state index is 12.8. The average molecular weight is 658 g/mol. The number of anilines is 2. The van der Waals surface area contributed by atoms with E-state index >= 15 is 0 Å². The first-order valence-electron chi connectivity index (χ1n) is 14.3. The number of nitrogens with zero attached hydrogens (tertiary/aromatic N) is 5. The van der Waals surface area contributed by atoms with Crippen LogP contribution in [0, 0.1) is 11.3 Å². The van der Waals surface area contributed by atoms with Gasteiger partial charge in [-0.3, -0.25) is 9.48 Å². The van der Waals surface area contributed by atoms with Crippen LogP contribution in [0.25, 0.3) is 10.9 Å². The Balaban J connectivity index is 0.000000310. The summed E-state index contributed by atoms with van der Waals surface area (Å²) in [5.74, 6) is 0.367. The summed E-state index contributed by atoms with van der Waals surface area (Å²) >= 11 is 0. The highest BCUT2D eigenvalue weighted by atomic mass is 32.2. The molecule has 244 valence electrons. The Hall–Kier alpha value is -4.52. The summed E-state index contributed by atoms with van der Waals surface area (Å²) in [6, 6.07) is 15.0. The summed E-state index contributed by atoms with van der Waals surface area (Å²) in [6.07, 6.45) is -0.127. The van der Waals surface area contributed by atoms with E-state index in [1.807, 2.05) is 4.68 Å². The third kappa shape index (κ3) is 7.47. The van der Waals surface area contributed by atoms with E-state index in [0.717, 1.165) is 42.4 Å². The minimum atomic E-state index is -4.31. The molecule has 15 heteroatoms. The molecule has 0 spiro atoms. The van der Waals surface area contributed by atoms with E-state index in [2.05, 4.69) is 28.3 Å². The summed E-state index contributed by atoms with van der Waals surface area (Å²) in [7, 11) is 1.47. The van der Waals surface area contributed by atoms with E-state index < -0.39 is 27.3 Å². The molecule has 1 aliphatic heterocycles. The summed E-state index contributed by atoms with van der Waals surface area (Å²) < 4.78 is 63.8. The van der Waals surface area contributed by atoms with Crippen LogP contribution in [0.4, 0.5) is 24.7 Å². The molecule has 11 nitrogen and oxygen atoms in total. The van der Waals surface area contributed by atoms with Crippen LogP contribution in [0.5, 0.6) is 0 Å². The number of aromatic nitrogens is 3. The van der Waals surface area contributed by atoms with Gasteiger partial charge in [0, 0.05) is 45.5 Å². The van der Waals surface area contributed by atoms with Crippen molar-refractivity contribution in [1.29, 1.82) is 5.26 Å². The molecule has 1 fully saturated rings. The molecule has 5 rings (SSSR count). The number of nitrogens with one attached hydrogen (secondary N) is 2. The highest BCUT2D eigenvalue weighted by Gasteiger charge is 2.38. The fourth-order valence-corrected chi connectivity index (χ4v) is 6.06. The van der Waals surface area contributed by atoms with Gasteiger partial charge in [0.2, 0.25) is 10.0 Å². The molecule has 1 saturated heterocycles.